The summed E-state index contributed by atoms with van der Waals surface area (Å²) in [4.78, 5) is 7.46. The number of piperidine rings is 1. The number of halogens is 4. The average molecular weight is 682 g/mol. The van der Waals surface area contributed by atoms with E-state index in [-0.39, 0.29) is 22.8 Å². The topological polar surface area (TPSA) is 27.6 Å². The van der Waals surface area contributed by atoms with Gasteiger partial charge in [0.15, 0.2) is 5.96 Å². The van der Waals surface area contributed by atoms with E-state index in [2.05, 4.69) is 91.5 Å². The van der Waals surface area contributed by atoms with E-state index in [1.54, 1.807) is 0 Å². The maximum Gasteiger partial charge on any atom is 0.194 e. The van der Waals surface area contributed by atoms with Gasteiger partial charge in [-0.25, -0.2) is 9.38 Å². The molecule has 0 spiro atoms. The number of hydrogen-bond acceptors (Lipinski definition) is 1. The first-order valence-corrected chi connectivity index (χ1v) is 13.9. The summed E-state index contributed by atoms with van der Waals surface area (Å²) in [7, 11) is 0. The van der Waals surface area contributed by atoms with Crippen molar-refractivity contribution in [1.82, 2.24) is 10.2 Å². The maximum absolute atomic E-state index is 13.3. The van der Waals surface area contributed by atoms with Crippen molar-refractivity contribution in [2.75, 3.05) is 19.6 Å². The molecule has 2 atom stereocenters. The van der Waals surface area contributed by atoms with Crippen LogP contribution in [0.15, 0.2) is 86.7 Å². The molecule has 2 unspecified atom stereocenters. The number of hydrogen-bond donors (Lipinski definition) is 1. The number of nitrogens with zero attached hydrogens (tertiary/aromatic N) is 2. The molecule has 3 aromatic rings. The fourth-order valence-corrected chi connectivity index (χ4v) is 6.27. The van der Waals surface area contributed by atoms with Gasteiger partial charge in [-0.1, -0.05) is 87.7 Å². The highest BCUT2D eigenvalue weighted by molar-refractivity contribution is 9.11. The van der Waals surface area contributed by atoms with E-state index < -0.39 is 0 Å². The molecule has 0 amide bonds. The summed E-state index contributed by atoms with van der Waals surface area (Å²) < 4.78 is 15.4. The molecule has 36 heavy (non-hydrogen) atoms. The summed E-state index contributed by atoms with van der Waals surface area (Å²) in [6.45, 7) is 5.61. The molecule has 192 valence electrons. The van der Waals surface area contributed by atoms with Gasteiger partial charge in [0.1, 0.15) is 5.82 Å². The van der Waals surface area contributed by atoms with Gasteiger partial charge in [0, 0.05) is 28.6 Å². The fraction of sp³-hybridized carbons (Fsp3) is 0.345. The average Bonchev–Trinajstić information content (AvgIpc) is 2.87. The standard InChI is InChI=1S/C29H32Br2FN3.BrH/c1-2-23-20-35(15-13-28(23)24-6-4-3-5-7-24)29(33-14-12-21-8-10-27(32)11-9-21)34-19-22-16-25(30)18-26(31)17-22;/h3-11,16-18,23,28H,2,12-15,19-20H2,1H3,(H,33,34);1H. The predicted octanol–water partition coefficient (Wildman–Crippen LogP) is 8.13. The molecule has 1 aliphatic rings. The van der Waals surface area contributed by atoms with Gasteiger partial charge in [0.05, 0.1) is 6.54 Å². The van der Waals surface area contributed by atoms with Crippen molar-refractivity contribution in [2.45, 2.75) is 38.6 Å². The van der Waals surface area contributed by atoms with Crippen molar-refractivity contribution in [3.8, 4) is 0 Å². The third-order valence-corrected chi connectivity index (χ3v) is 7.65. The Morgan fingerprint density at radius 1 is 1.00 bits per heavy atom. The molecular weight excluding hydrogens is 649 g/mol. The van der Waals surface area contributed by atoms with Crippen LogP contribution >= 0.6 is 48.8 Å². The number of nitrogens with one attached hydrogen (secondary N) is 1. The van der Waals surface area contributed by atoms with E-state index in [1.807, 2.05) is 18.2 Å². The Balaban J connectivity index is 0.00000361. The zero-order chi connectivity index (χ0) is 24.6. The van der Waals surface area contributed by atoms with Crippen LogP contribution < -0.4 is 5.32 Å². The zero-order valence-corrected chi connectivity index (χ0v) is 25.4. The number of guanidine groups is 1. The van der Waals surface area contributed by atoms with Gasteiger partial charge >= 0.3 is 0 Å². The third kappa shape index (κ3) is 8.15. The Kier molecular flexibility index (Phi) is 11.5. The summed E-state index contributed by atoms with van der Waals surface area (Å²) in [5.41, 5.74) is 3.71. The van der Waals surface area contributed by atoms with Crippen LogP contribution in [0.1, 0.15) is 42.4 Å². The minimum atomic E-state index is -0.198. The number of benzene rings is 3. The molecule has 0 aliphatic carbocycles. The van der Waals surface area contributed by atoms with Crippen LogP contribution in [-0.2, 0) is 13.0 Å². The summed E-state index contributed by atoms with van der Waals surface area (Å²) in [6.07, 6.45) is 3.07. The molecule has 7 heteroatoms. The lowest BCUT2D eigenvalue weighted by Crippen LogP contribution is -2.49. The van der Waals surface area contributed by atoms with Crippen molar-refractivity contribution >= 4 is 54.8 Å². The zero-order valence-electron chi connectivity index (χ0n) is 20.5. The highest BCUT2D eigenvalue weighted by Crippen LogP contribution is 2.35. The second-order valence-electron chi connectivity index (χ2n) is 9.14. The van der Waals surface area contributed by atoms with Crippen molar-refractivity contribution in [3.63, 3.8) is 0 Å². The first-order valence-electron chi connectivity index (χ1n) is 12.3. The molecule has 0 bridgehead atoms. The second-order valence-corrected chi connectivity index (χ2v) is 11.0. The van der Waals surface area contributed by atoms with Crippen molar-refractivity contribution in [3.05, 3.63) is 104 Å². The Hall–Kier alpha value is -1.70. The van der Waals surface area contributed by atoms with Crippen LogP contribution in [-0.4, -0.2) is 30.5 Å². The maximum atomic E-state index is 13.3. The monoisotopic (exact) mass is 679 g/mol. The first kappa shape index (κ1) is 28.9. The molecule has 0 aromatic heterocycles. The molecule has 1 aliphatic heterocycles. The van der Waals surface area contributed by atoms with Crippen LogP contribution in [0, 0.1) is 11.7 Å². The lowest BCUT2D eigenvalue weighted by atomic mass is 9.79. The molecule has 1 heterocycles. The van der Waals surface area contributed by atoms with Crippen molar-refractivity contribution in [1.29, 1.82) is 0 Å². The van der Waals surface area contributed by atoms with Gasteiger partial charge in [0.2, 0.25) is 0 Å². The fourth-order valence-electron chi connectivity index (χ4n) is 4.88. The van der Waals surface area contributed by atoms with Gasteiger partial charge in [0.25, 0.3) is 0 Å². The van der Waals surface area contributed by atoms with E-state index in [0.29, 0.717) is 18.4 Å². The molecule has 1 N–H and O–H groups in total. The Morgan fingerprint density at radius 3 is 2.36 bits per heavy atom. The SMILES string of the molecule is Br.CCC1CN(C(=NCc2cc(Br)cc(Br)c2)NCCc2ccc(F)cc2)CCC1c1ccccc1. The lowest BCUT2D eigenvalue weighted by molar-refractivity contribution is 0.215. The highest BCUT2D eigenvalue weighted by Gasteiger charge is 2.30. The molecule has 0 saturated carbocycles. The Labute approximate surface area is 241 Å². The second kappa shape index (κ2) is 14.3. The number of rotatable bonds is 7. The van der Waals surface area contributed by atoms with Crippen LogP contribution in [0.3, 0.4) is 0 Å². The molecule has 1 saturated heterocycles. The summed E-state index contributed by atoms with van der Waals surface area (Å²) in [5, 5.41) is 3.61. The molecular formula is C29H33Br3FN3. The van der Waals surface area contributed by atoms with E-state index in [0.717, 1.165) is 64.9 Å². The minimum absolute atomic E-state index is 0. The lowest BCUT2D eigenvalue weighted by Gasteiger charge is -2.40. The number of likely N-dealkylation sites (tertiary alicyclic amines) is 1. The first-order chi connectivity index (χ1) is 17.0. The highest BCUT2D eigenvalue weighted by atomic mass is 79.9. The van der Waals surface area contributed by atoms with Gasteiger partial charge in [-0.2, -0.15) is 0 Å². The van der Waals surface area contributed by atoms with Gasteiger partial charge in [-0.15, -0.1) is 17.0 Å². The third-order valence-electron chi connectivity index (χ3n) is 6.73. The normalized spacial score (nSPS) is 18.0. The van der Waals surface area contributed by atoms with Gasteiger partial charge < -0.3 is 10.2 Å². The van der Waals surface area contributed by atoms with Crippen molar-refractivity contribution in [2.24, 2.45) is 10.9 Å². The van der Waals surface area contributed by atoms with E-state index >= 15 is 0 Å². The number of aliphatic imine (C=N–C) groups is 1. The van der Waals surface area contributed by atoms with Crippen LogP contribution in [0.2, 0.25) is 0 Å². The molecule has 3 aromatic carbocycles. The molecule has 3 nitrogen and oxygen atoms in total. The summed E-state index contributed by atoms with van der Waals surface area (Å²) in [6, 6.07) is 23.9. The van der Waals surface area contributed by atoms with Crippen LogP contribution in [0.25, 0.3) is 0 Å². The van der Waals surface area contributed by atoms with Gasteiger partial charge in [-0.05, 0) is 71.7 Å². The molecule has 0 radical (unpaired) electrons. The largest absolute Gasteiger partial charge is 0.356 e. The van der Waals surface area contributed by atoms with Gasteiger partial charge in [-0.3, -0.25) is 0 Å². The molecule has 1 fully saturated rings. The molecule has 4 rings (SSSR count). The summed E-state index contributed by atoms with van der Waals surface area (Å²) in [5.74, 6) is 1.92. The quantitative estimate of drug-likeness (QED) is 0.202. The van der Waals surface area contributed by atoms with E-state index in [1.165, 1.54) is 17.7 Å². The van der Waals surface area contributed by atoms with E-state index in [9.17, 15) is 4.39 Å². The van der Waals surface area contributed by atoms with Crippen LogP contribution in [0.4, 0.5) is 4.39 Å². The van der Waals surface area contributed by atoms with Crippen LogP contribution in [0.5, 0.6) is 0 Å². The minimum Gasteiger partial charge on any atom is -0.356 e. The van der Waals surface area contributed by atoms with E-state index in [4.69, 9.17) is 4.99 Å². The smallest absolute Gasteiger partial charge is 0.194 e. The Morgan fingerprint density at radius 2 is 1.69 bits per heavy atom. The predicted molar refractivity (Wildman–Crippen MR) is 161 cm³/mol. The van der Waals surface area contributed by atoms with Crippen molar-refractivity contribution < 1.29 is 4.39 Å². The summed E-state index contributed by atoms with van der Waals surface area (Å²) >= 11 is 7.17. The Bertz CT molecular complexity index is 1100.